The van der Waals surface area contributed by atoms with E-state index < -0.39 is 12.1 Å². The lowest BCUT2D eigenvalue weighted by atomic mass is 10.1. The minimum Gasteiger partial charge on any atom is -0.497 e. The first-order valence-electron chi connectivity index (χ1n) is 6.08. The third kappa shape index (κ3) is 3.98. The Kier molecular flexibility index (Phi) is 5.36. The molecule has 0 aliphatic rings. The molecule has 0 radical (unpaired) electrons. The zero-order valence-electron chi connectivity index (χ0n) is 11.3. The molecule has 0 fully saturated rings. The number of Topliss-reactive ketones (excluding diaryl/α,β-unsaturated/α-hetero) is 1. The minimum absolute atomic E-state index is 0.182. The molecular weight excluding hydrogens is 248 g/mol. The molecular formula is C14H18O5. The number of hydrogen-bond acceptors (Lipinski definition) is 4. The molecule has 0 heterocycles. The minimum atomic E-state index is -1.04. The van der Waals surface area contributed by atoms with Crippen molar-refractivity contribution in [3.63, 3.8) is 0 Å². The summed E-state index contributed by atoms with van der Waals surface area (Å²) in [6, 6.07) is 4.74. The lowest BCUT2D eigenvalue weighted by Gasteiger charge is -2.17. The van der Waals surface area contributed by atoms with Gasteiger partial charge in [0.1, 0.15) is 11.5 Å². The molecule has 5 heteroatoms. The summed E-state index contributed by atoms with van der Waals surface area (Å²) in [5.41, 5.74) is 0.350. The Balaban J connectivity index is 3.08. The lowest BCUT2D eigenvalue weighted by Crippen LogP contribution is -2.27. The van der Waals surface area contributed by atoms with E-state index in [1.165, 1.54) is 20.1 Å². The van der Waals surface area contributed by atoms with Gasteiger partial charge in [-0.2, -0.15) is 0 Å². The second kappa shape index (κ2) is 6.78. The van der Waals surface area contributed by atoms with Crippen LogP contribution in [0.15, 0.2) is 18.2 Å². The Morgan fingerprint density at radius 3 is 2.53 bits per heavy atom. The number of carbonyl (C=O) groups excluding carboxylic acids is 1. The van der Waals surface area contributed by atoms with Gasteiger partial charge in [-0.25, -0.2) is 4.79 Å². The van der Waals surface area contributed by atoms with E-state index in [9.17, 15) is 9.59 Å². The number of carboxylic acids is 1. The fourth-order valence-corrected chi connectivity index (χ4v) is 1.67. The van der Waals surface area contributed by atoms with E-state index in [0.717, 1.165) is 0 Å². The van der Waals surface area contributed by atoms with Crippen molar-refractivity contribution in [2.45, 2.75) is 32.8 Å². The van der Waals surface area contributed by atoms with E-state index in [1.54, 1.807) is 12.1 Å². The fourth-order valence-electron chi connectivity index (χ4n) is 1.67. The first-order chi connectivity index (χ1) is 8.99. The van der Waals surface area contributed by atoms with Crippen molar-refractivity contribution in [3.05, 3.63) is 23.8 Å². The molecule has 0 aromatic heterocycles. The van der Waals surface area contributed by atoms with E-state index in [4.69, 9.17) is 14.6 Å². The number of benzene rings is 1. The average molecular weight is 266 g/mol. The van der Waals surface area contributed by atoms with Gasteiger partial charge in [0.15, 0.2) is 11.9 Å². The van der Waals surface area contributed by atoms with Crippen LogP contribution in [0.25, 0.3) is 0 Å². The molecule has 0 aliphatic heterocycles. The van der Waals surface area contributed by atoms with Gasteiger partial charge >= 0.3 is 5.97 Å². The highest BCUT2D eigenvalue weighted by Gasteiger charge is 2.21. The third-order valence-electron chi connectivity index (χ3n) is 2.66. The standard InChI is InChI=1S/C14H18O5/c1-4-5-12(14(16)17)19-13-8-10(18-3)6-7-11(13)9(2)15/h6-8,12H,4-5H2,1-3H3,(H,16,17). The average Bonchev–Trinajstić information content (AvgIpc) is 2.37. The highest BCUT2D eigenvalue weighted by atomic mass is 16.5. The van der Waals surface area contributed by atoms with Gasteiger partial charge in [0.25, 0.3) is 0 Å². The molecule has 0 spiro atoms. The highest BCUT2D eigenvalue weighted by Crippen LogP contribution is 2.27. The van der Waals surface area contributed by atoms with Crippen LogP contribution in [0.1, 0.15) is 37.0 Å². The van der Waals surface area contributed by atoms with Gasteiger partial charge < -0.3 is 14.6 Å². The Morgan fingerprint density at radius 1 is 1.37 bits per heavy atom. The summed E-state index contributed by atoms with van der Waals surface area (Å²) in [7, 11) is 1.49. The van der Waals surface area contributed by atoms with Gasteiger partial charge in [0.05, 0.1) is 12.7 Å². The lowest BCUT2D eigenvalue weighted by molar-refractivity contribution is -0.145. The van der Waals surface area contributed by atoms with E-state index in [-0.39, 0.29) is 11.5 Å². The molecule has 1 aromatic carbocycles. The van der Waals surface area contributed by atoms with Crippen LogP contribution in [0.4, 0.5) is 0 Å². The van der Waals surface area contributed by atoms with E-state index >= 15 is 0 Å². The van der Waals surface area contributed by atoms with Crippen molar-refractivity contribution in [1.29, 1.82) is 0 Å². The first kappa shape index (κ1) is 15.0. The molecule has 0 saturated heterocycles. The van der Waals surface area contributed by atoms with Crippen molar-refractivity contribution in [2.24, 2.45) is 0 Å². The van der Waals surface area contributed by atoms with Crippen LogP contribution in [0.3, 0.4) is 0 Å². The maximum atomic E-state index is 11.5. The Morgan fingerprint density at radius 2 is 2.05 bits per heavy atom. The molecule has 0 aliphatic carbocycles. The number of ether oxygens (including phenoxy) is 2. The normalized spacial score (nSPS) is 11.7. The Bertz CT molecular complexity index is 467. The molecule has 19 heavy (non-hydrogen) atoms. The van der Waals surface area contributed by atoms with Crippen molar-refractivity contribution >= 4 is 11.8 Å². The second-order valence-corrected chi connectivity index (χ2v) is 4.15. The Labute approximate surface area is 112 Å². The van der Waals surface area contributed by atoms with Gasteiger partial charge in [-0.1, -0.05) is 13.3 Å². The van der Waals surface area contributed by atoms with Gasteiger partial charge in [-0.15, -0.1) is 0 Å². The topological polar surface area (TPSA) is 72.8 Å². The first-order valence-corrected chi connectivity index (χ1v) is 6.08. The van der Waals surface area contributed by atoms with Gasteiger partial charge in [0.2, 0.25) is 0 Å². The van der Waals surface area contributed by atoms with Crippen LogP contribution >= 0.6 is 0 Å². The molecule has 1 rings (SSSR count). The molecule has 104 valence electrons. The van der Waals surface area contributed by atoms with E-state index in [0.29, 0.717) is 24.2 Å². The molecule has 1 unspecified atom stereocenters. The maximum Gasteiger partial charge on any atom is 0.344 e. The number of hydrogen-bond donors (Lipinski definition) is 1. The monoisotopic (exact) mass is 266 g/mol. The van der Waals surface area contributed by atoms with Gasteiger partial charge in [-0.3, -0.25) is 4.79 Å². The van der Waals surface area contributed by atoms with Crippen LogP contribution in [0, 0.1) is 0 Å². The molecule has 0 bridgehead atoms. The zero-order chi connectivity index (χ0) is 14.4. The third-order valence-corrected chi connectivity index (χ3v) is 2.66. The number of aliphatic carboxylic acids is 1. The second-order valence-electron chi connectivity index (χ2n) is 4.15. The number of carbonyl (C=O) groups is 2. The van der Waals surface area contributed by atoms with Crippen LogP contribution in [0.2, 0.25) is 0 Å². The van der Waals surface area contributed by atoms with Crippen LogP contribution in [-0.4, -0.2) is 30.1 Å². The van der Waals surface area contributed by atoms with Crippen molar-refractivity contribution in [3.8, 4) is 11.5 Å². The van der Waals surface area contributed by atoms with Crippen molar-refractivity contribution < 1.29 is 24.2 Å². The van der Waals surface area contributed by atoms with Crippen LogP contribution in [-0.2, 0) is 4.79 Å². The predicted octanol–water partition coefficient (Wildman–Crippen LogP) is 2.53. The maximum absolute atomic E-state index is 11.5. The summed E-state index contributed by atoms with van der Waals surface area (Å²) in [6.07, 6.45) is 0.0930. The molecule has 5 nitrogen and oxygen atoms in total. The quantitative estimate of drug-likeness (QED) is 0.768. The summed E-state index contributed by atoms with van der Waals surface area (Å²) in [6.45, 7) is 3.28. The van der Waals surface area contributed by atoms with Crippen molar-refractivity contribution in [1.82, 2.24) is 0 Å². The van der Waals surface area contributed by atoms with E-state index in [2.05, 4.69) is 0 Å². The summed E-state index contributed by atoms with van der Waals surface area (Å²) in [4.78, 5) is 22.6. The summed E-state index contributed by atoms with van der Waals surface area (Å²) in [5.74, 6) is -0.467. The molecule has 1 atom stereocenters. The molecule has 0 amide bonds. The largest absolute Gasteiger partial charge is 0.497 e. The molecule has 0 saturated carbocycles. The van der Waals surface area contributed by atoms with Crippen LogP contribution < -0.4 is 9.47 Å². The molecule has 1 N–H and O–H groups in total. The van der Waals surface area contributed by atoms with E-state index in [1.807, 2.05) is 6.92 Å². The fraction of sp³-hybridized carbons (Fsp3) is 0.429. The number of methoxy groups -OCH3 is 1. The SMILES string of the molecule is CCCC(Oc1cc(OC)ccc1C(C)=O)C(=O)O. The van der Waals surface area contributed by atoms with Gasteiger partial charge in [0, 0.05) is 6.07 Å². The smallest absolute Gasteiger partial charge is 0.344 e. The Hall–Kier alpha value is -2.04. The number of rotatable bonds is 7. The highest BCUT2D eigenvalue weighted by molar-refractivity contribution is 5.97. The van der Waals surface area contributed by atoms with Crippen LogP contribution in [0.5, 0.6) is 11.5 Å². The predicted molar refractivity (Wildman–Crippen MR) is 70.0 cm³/mol. The molecule has 1 aromatic rings. The van der Waals surface area contributed by atoms with Crippen molar-refractivity contribution in [2.75, 3.05) is 7.11 Å². The summed E-state index contributed by atoms with van der Waals surface area (Å²) < 4.78 is 10.5. The number of carboxylic acid groups (broad SMARTS) is 1. The number of ketones is 1. The van der Waals surface area contributed by atoms with Gasteiger partial charge in [-0.05, 0) is 25.5 Å². The summed E-state index contributed by atoms with van der Waals surface area (Å²) in [5, 5.41) is 9.08. The zero-order valence-corrected chi connectivity index (χ0v) is 11.3. The summed E-state index contributed by atoms with van der Waals surface area (Å²) >= 11 is 0.